The van der Waals surface area contributed by atoms with Crippen LogP contribution < -0.4 is 3.53 Å². The molecule has 5 heteroatoms. The largest absolute Gasteiger partial charge is 0.298 e. The van der Waals surface area contributed by atoms with Crippen LogP contribution in [-0.2, 0) is 11.2 Å². The van der Waals surface area contributed by atoms with E-state index in [4.69, 9.17) is 0 Å². The molecule has 0 radical (unpaired) electrons. The topological polar surface area (TPSA) is 29.1 Å². The molecule has 0 saturated heterocycles. The third-order valence-electron chi connectivity index (χ3n) is 2.05. The van der Waals surface area contributed by atoms with Gasteiger partial charge in [0.05, 0.1) is 6.04 Å². The lowest BCUT2D eigenvalue weighted by Gasteiger charge is -2.11. The van der Waals surface area contributed by atoms with E-state index in [9.17, 15) is 13.6 Å². The van der Waals surface area contributed by atoms with Gasteiger partial charge in [-0.05, 0) is 31.0 Å². The van der Waals surface area contributed by atoms with Crippen LogP contribution in [0, 0.1) is 11.6 Å². The fraction of sp³-hybridized carbons (Fsp3) is 0.300. The lowest BCUT2D eigenvalue weighted by atomic mass is 10.0. The van der Waals surface area contributed by atoms with Crippen molar-refractivity contribution in [1.82, 2.24) is 3.53 Å². The highest BCUT2D eigenvalue weighted by molar-refractivity contribution is 14.1. The smallest absolute Gasteiger partial charge is 0.159 e. The first-order valence-corrected chi connectivity index (χ1v) is 5.43. The summed E-state index contributed by atoms with van der Waals surface area (Å²) >= 11 is 1.87. The standard InChI is InChI=1S/C10H10F2INO/c1-6(15)10(14-13)5-7-2-3-8(11)9(12)4-7/h2-4,10,14H,5H2,1H3/t10-/m0/s1. The first kappa shape index (κ1) is 12.5. The van der Waals surface area contributed by atoms with Gasteiger partial charge in [-0.25, -0.2) is 8.78 Å². The molecule has 0 aliphatic rings. The molecule has 1 aromatic rings. The van der Waals surface area contributed by atoms with Crippen LogP contribution in [0.1, 0.15) is 12.5 Å². The van der Waals surface area contributed by atoms with Crippen LogP contribution in [0.2, 0.25) is 0 Å². The molecule has 0 aliphatic heterocycles. The maximum absolute atomic E-state index is 12.9. The summed E-state index contributed by atoms with van der Waals surface area (Å²) in [6.45, 7) is 1.45. The van der Waals surface area contributed by atoms with Crippen LogP contribution in [0.15, 0.2) is 18.2 Å². The van der Waals surface area contributed by atoms with Gasteiger partial charge in [-0.1, -0.05) is 6.07 Å². The van der Waals surface area contributed by atoms with Gasteiger partial charge >= 0.3 is 0 Å². The summed E-state index contributed by atoms with van der Waals surface area (Å²) in [7, 11) is 0. The molecule has 0 aromatic heterocycles. The zero-order valence-electron chi connectivity index (χ0n) is 8.06. The Bertz CT molecular complexity index is 370. The molecule has 0 saturated carbocycles. The van der Waals surface area contributed by atoms with Gasteiger partial charge in [0.1, 0.15) is 5.78 Å². The monoisotopic (exact) mass is 325 g/mol. The van der Waals surface area contributed by atoms with E-state index in [2.05, 4.69) is 3.53 Å². The second kappa shape index (κ2) is 5.50. The van der Waals surface area contributed by atoms with E-state index in [1.807, 2.05) is 22.9 Å². The molecule has 0 aliphatic carbocycles. The van der Waals surface area contributed by atoms with E-state index < -0.39 is 11.6 Å². The summed E-state index contributed by atoms with van der Waals surface area (Å²) in [6, 6.07) is 3.28. The van der Waals surface area contributed by atoms with E-state index in [0.717, 1.165) is 12.1 Å². The Morgan fingerprint density at radius 1 is 1.47 bits per heavy atom. The van der Waals surface area contributed by atoms with E-state index in [0.29, 0.717) is 12.0 Å². The van der Waals surface area contributed by atoms with E-state index in [1.165, 1.54) is 13.0 Å². The molecule has 0 spiro atoms. The van der Waals surface area contributed by atoms with Crippen molar-refractivity contribution in [2.45, 2.75) is 19.4 Å². The highest BCUT2D eigenvalue weighted by atomic mass is 127. The predicted octanol–water partition coefficient (Wildman–Crippen LogP) is 2.40. The number of carbonyl (C=O) groups excluding carboxylic acids is 1. The van der Waals surface area contributed by atoms with Crippen LogP contribution in [0.3, 0.4) is 0 Å². The molecule has 0 amide bonds. The third-order valence-corrected chi connectivity index (χ3v) is 2.80. The first-order valence-electron chi connectivity index (χ1n) is 4.35. The Kier molecular flexibility index (Phi) is 4.59. The maximum atomic E-state index is 12.9. The van der Waals surface area contributed by atoms with E-state index in [1.54, 1.807) is 0 Å². The van der Waals surface area contributed by atoms with Crippen LogP contribution >= 0.6 is 22.9 Å². The van der Waals surface area contributed by atoms with Crippen molar-refractivity contribution in [2.24, 2.45) is 0 Å². The van der Waals surface area contributed by atoms with Crippen molar-refractivity contribution < 1.29 is 13.6 Å². The Morgan fingerprint density at radius 2 is 2.13 bits per heavy atom. The number of benzene rings is 1. The lowest BCUT2D eigenvalue weighted by Crippen LogP contribution is -2.30. The Morgan fingerprint density at radius 3 is 2.60 bits per heavy atom. The van der Waals surface area contributed by atoms with Gasteiger partial charge in [0.15, 0.2) is 11.6 Å². The zero-order valence-corrected chi connectivity index (χ0v) is 10.2. The minimum absolute atomic E-state index is 0.0332. The lowest BCUT2D eigenvalue weighted by molar-refractivity contribution is -0.118. The molecule has 1 atom stereocenters. The Hall–Kier alpha value is -0.560. The van der Waals surface area contributed by atoms with Gasteiger partial charge < -0.3 is 0 Å². The maximum Gasteiger partial charge on any atom is 0.159 e. The molecule has 1 rings (SSSR count). The number of carbonyl (C=O) groups is 1. The molecule has 1 N–H and O–H groups in total. The van der Waals surface area contributed by atoms with Crippen molar-refractivity contribution in [3.8, 4) is 0 Å². The molecule has 0 unspecified atom stereocenters. The van der Waals surface area contributed by atoms with Crippen molar-refractivity contribution in [3.05, 3.63) is 35.4 Å². The van der Waals surface area contributed by atoms with Gasteiger partial charge in [-0.2, -0.15) is 0 Å². The van der Waals surface area contributed by atoms with Gasteiger partial charge in [0.2, 0.25) is 0 Å². The second-order valence-corrected chi connectivity index (χ2v) is 3.85. The molecule has 2 nitrogen and oxygen atoms in total. The second-order valence-electron chi connectivity index (χ2n) is 3.22. The number of Topliss-reactive ketones (excluding diaryl/α,β-unsaturated/α-hetero) is 1. The SMILES string of the molecule is CC(=O)[C@H](Cc1ccc(F)c(F)c1)NI. The molecule has 0 bridgehead atoms. The van der Waals surface area contributed by atoms with Gasteiger partial charge in [-0.3, -0.25) is 8.32 Å². The van der Waals surface area contributed by atoms with Crippen molar-refractivity contribution in [2.75, 3.05) is 0 Å². The highest BCUT2D eigenvalue weighted by Gasteiger charge is 2.13. The average molecular weight is 325 g/mol. The average Bonchev–Trinajstić information content (AvgIpc) is 2.19. The van der Waals surface area contributed by atoms with Crippen LogP contribution in [0.5, 0.6) is 0 Å². The minimum Gasteiger partial charge on any atom is -0.298 e. The summed E-state index contributed by atoms with van der Waals surface area (Å²) in [5.74, 6) is -1.79. The quantitative estimate of drug-likeness (QED) is 0.680. The first-order chi connectivity index (χ1) is 7.04. The summed E-state index contributed by atoms with van der Waals surface area (Å²) in [6.07, 6.45) is 0.357. The van der Waals surface area contributed by atoms with Crippen molar-refractivity contribution in [3.63, 3.8) is 0 Å². The molecule has 82 valence electrons. The minimum atomic E-state index is -0.886. The summed E-state index contributed by atoms with van der Waals surface area (Å²) in [5, 5.41) is 0. The van der Waals surface area contributed by atoms with Gasteiger partial charge in [-0.15, -0.1) is 0 Å². The fourth-order valence-corrected chi connectivity index (χ4v) is 1.82. The predicted molar refractivity (Wildman–Crippen MR) is 61.7 cm³/mol. The van der Waals surface area contributed by atoms with Crippen LogP contribution in [-0.4, -0.2) is 11.8 Å². The fourth-order valence-electron chi connectivity index (χ4n) is 1.16. The van der Waals surface area contributed by atoms with Crippen LogP contribution in [0.25, 0.3) is 0 Å². The number of nitrogens with one attached hydrogen (secondary N) is 1. The normalized spacial score (nSPS) is 12.5. The summed E-state index contributed by atoms with van der Waals surface area (Å²) in [4.78, 5) is 11.1. The summed E-state index contributed by atoms with van der Waals surface area (Å²) in [5.41, 5.74) is 0.596. The van der Waals surface area contributed by atoms with E-state index >= 15 is 0 Å². The number of ketones is 1. The molecule has 0 heterocycles. The zero-order chi connectivity index (χ0) is 11.4. The number of hydrogen-bond donors (Lipinski definition) is 1. The Labute approximate surface area is 101 Å². The molecule has 0 fully saturated rings. The Balaban J connectivity index is 2.80. The van der Waals surface area contributed by atoms with Crippen molar-refractivity contribution in [1.29, 1.82) is 0 Å². The highest BCUT2D eigenvalue weighted by Crippen LogP contribution is 2.11. The number of rotatable bonds is 4. The van der Waals surface area contributed by atoms with Crippen molar-refractivity contribution >= 4 is 28.6 Å². The molecular formula is C10H10F2INO. The summed E-state index contributed by atoms with van der Waals surface area (Å²) < 4.78 is 28.3. The van der Waals surface area contributed by atoms with Gasteiger partial charge in [0.25, 0.3) is 0 Å². The number of halogens is 3. The van der Waals surface area contributed by atoms with Gasteiger partial charge in [0, 0.05) is 22.9 Å². The van der Waals surface area contributed by atoms with Crippen LogP contribution in [0.4, 0.5) is 8.78 Å². The molecule has 15 heavy (non-hydrogen) atoms. The molecule has 1 aromatic carbocycles. The molecular weight excluding hydrogens is 315 g/mol. The number of hydrogen-bond acceptors (Lipinski definition) is 2. The third kappa shape index (κ3) is 3.49. The van der Waals surface area contributed by atoms with E-state index in [-0.39, 0.29) is 11.8 Å².